The summed E-state index contributed by atoms with van der Waals surface area (Å²) in [5, 5.41) is 0. The Labute approximate surface area is 204 Å². The van der Waals surface area contributed by atoms with Gasteiger partial charge in [0, 0.05) is 22.4 Å². The maximum Gasteiger partial charge on any atom is 0.203 e. The second-order valence-corrected chi connectivity index (χ2v) is 9.33. The maximum atomic E-state index is 12.2. The normalized spacial score (nSPS) is 17.3. The molecule has 1 atom stereocenters. The van der Waals surface area contributed by atoms with Gasteiger partial charge in [-0.05, 0) is 36.2 Å². The lowest BCUT2D eigenvalue weighted by molar-refractivity contribution is 0.0646. The Morgan fingerprint density at radius 2 is 1.76 bits per heavy atom. The molecule has 6 nitrogen and oxygen atoms in total. The van der Waals surface area contributed by atoms with Crippen LogP contribution in [-0.2, 0) is 16.3 Å². The highest BCUT2D eigenvalue weighted by Crippen LogP contribution is 2.52. The average molecular weight is 481 g/mol. The molecule has 7 heteroatoms. The van der Waals surface area contributed by atoms with Gasteiger partial charge < -0.3 is 23.7 Å². The van der Waals surface area contributed by atoms with Crippen LogP contribution in [0.2, 0.25) is 0 Å². The monoisotopic (exact) mass is 480 g/mol. The number of benzene rings is 3. The van der Waals surface area contributed by atoms with Gasteiger partial charge in [-0.3, -0.25) is 4.79 Å². The number of hydrogen-bond donors (Lipinski definition) is 0. The van der Waals surface area contributed by atoms with Crippen LogP contribution in [-0.4, -0.2) is 40.0 Å². The van der Waals surface area contributed by atoms with E-state index in [9.17, 15) is 4.79 Å². The minimum Gasteiger partial charge on any atom is -0.493 e. The molecule has 1 aliphatic heterocycles. The van der Waals surface area contributed by atoms with Gasteiger partial charge >= 0.3 is 0 Å². The van der Waals surface area contributed by atoms with Crippen molar-refractivity contribution in [3.05, 3.63) is 71.3 Å². The van der Waals surface area contributed by atoms with E-state index in [4.69, 9.17) is 23.7 Å². The fourth-order valence-electron chi connectivity index (χ4n) is 4.16. The number of methoxy groups -OCH3 is 3. The Hall–Kier alpha value is -3.16. The Kier molecular flexibility index (Phi) is 7.34. The standard InChI is InChI=1S/C27H28O6S/c1-27(33-12-13-34-27)22-15-20(32-17-18-8-6-5-7-9-18)10-11-21(22)24-19(16-28)14-23(29-2)25(30-3)26(24)31-4/h5-11,14-16H,12-13,17H2,1-4H3. The summed E-state index contributed by atoms with van der Waals surface area (Å²) in [6.45, 7) is 3.13. The largest absolute Gasteiger partial charge is 0.493 e. The summed E-state index contributed by atoms with van der Waals surface area (Å²) < 4.78 is 29.1. The molecule has 0 radical (unpaired) electrons. The third-order valence-electron chi connectivity index (χ3n) is 5.82. The lowest BCUT2D eigenvalue weighted by Gasteiger charge is -2.28. The maximum absolute atomic E-state index is 12.2. The minimum atomic E-state index is -0.611. The van der Waals surface area contributed by atoms with Crippen LogP contribution in [0.1, 0.15) is 28.4 Å². The van der Waals surface area contributed by atoms with E-state index < -0.39 is 4.93 Å². The molecule has 0 aromatic heterocycles. The van der Waals surface area contributed by atoms with Crippen LogP contribution in [0.3, 0.4) is 0 Å². The molecule has 178 valence electrons. The van der Waals surface area contributed by atoms with Gasteiger partial charge in [-0.15, -0.1) is 11.8 Å². The summed E-state index contributed by atoms with van der Waals surface area (Å²) in [5.41, 5.74) is 3.84. The Morgan fingerprint density at radius 1 is 1.00 bits per heavy atom. The van der Waals surface area contributed by atoms with E-state index in [0.29, 0.717) is 47.3 Å². The Morgan fingerprint density at radius 3 is 2.38 bits per heavy atom. The van der Waals surface area contributed by atoms with Gasteiger partial charge in [-0.2, -0.15) is 0 Å². The summed E-state index contributed by atoms with van der Waals surface area (Å²) >= 11 is 1.71. The Balaban J connectivity index is 1.87. The molecule has 34 heavy (non-hydrogen) atoms. The van der Waals surface area contributed by atoms with Crippen LogP contribution in [0.15, 0.2) is 54.6 Å². The molecular weight excluding hydrogens is 452 g/mol. The summed E-state index contributed by atoms with van der Waals surface area (Å²) in [6.07, 6.45) is 0.800. The fraction of sp³-hybridized carbons (Fsp3) is 0.296. The molecule has 1 fully saturated rings. The van der Waals surface area contributed by atoms with Gasteiger partial charge in [-0.1, -0.05) is 36.4 Å². The lowest BCUT2D eigenvalue weighted by atomic mass is 9.91. The number of carbonyl (C=O) groups excluding carboxylic acids is 1. The number of aldehydes is 1. The van der Waals surface area contributed by atoms with E-state index in [-0.39, 0.29) is 0 Å². The molecule has 1 saturated heterocycles. The van der Waals surface area contributed by atoms with E-state index in [2.05, 4.69) is 0 Å². The zero-order valence-corrected chi connectivity index (χ0v) is 20.6. The van der Waals surface area contributed by atoms with Crippen molar-refractivity contribution in [2.45, 2.75) is 18.5 Å². The zero-order valence-electron chi connectivity index (χ0n) is 19.8. The van der Waals surface area contributed by atoms with Crippen LogP contribution >= 0.6 is 11.8 Å². The molecular formula is C27H28O6S. The van der Waals surface area contributed by atoms with Crippen LogP contribution < -0.4 is 18.9 Å². The van der Waals surface area contributed by atoms with Crippen LogP contribution in [0.25, 0.3) is 11.1 Å². The van der Waals surface area contributed by atoms with E-state index in [1.165, 1.54) is 7.11 Å². The number of ether oxygens (including phenoxy) is 5. The summed E-state index contributed by atoms with van der Waals surface area (Å²) in [7, 11) is 4.62. The lowest BCUT2D eigenvalue weighted by Crippen LogP contribution is -2.18. The molecule has 3 aromatic rings. The summed E-state index contributed by atoms with van der Waals surface area (Å²) in [5.74, 6) is 2.86. The molecule has 3 aromatic carbocycles. The van der Waals surface area contributed by atoms with Crippen molar-refractivity contribution in [2.75, 3.05) is 33.7 Å². The Bertz CT molecular complexity index is 1160. The predicted molar refractivity (Wildman–Crippen MR) is 133 cm³/mol. The predicted octanol–water partition coefficient (Wildman–Crippen LogP) is 5.71. The van der Waals surface area contributed by atoms with Gasteiger partial charge in [0.1, 0.15) is 17.3 Å². The molecule has 4 rings (SSSR count). The smallest absolute Gasteiger partial charge is 0.203 e. The summed E-state index contributed by atoms with van der Waals surface area (Å²) in [6, 6.07) is 17.5. The SMILES string of the molecule is COc1cc(C=O)c(-c2ccc(OCc3ccccc3)cc2C2(C)OCCS2)c(OC)c1OC. The number of carbonyl (C=O) groups is 1. The van der Waals surface area contributed by atoms with Crippen LogP contribution in [0.4, 0.5) is 0 Å². The third-order valence-corrected chi connectivity index (χ3v) is 7.08. The first-order valence-corrected chi connectivity index (χ1v) is 11.9. The molecule has 0 bridgehead atoms. The first-order chi connectivity index (χ1) is 16.5. The topological polar surface area (TPSA) is 63.2 Å². The first-order valence-electron chi connectivity index (χ1n) is 10.9. The third kappa shape index (κ3) is 4.58. The van der Waals surface area contributed by atoms with Gasteiger partial charge in [0.2, 0.25) is 5.75 Å². The van der Waals surface area contributed by atoms with E-state index in [1.54, 1.807) is 32.0 Å². The van der Waals surface area contributed by atoms with E-state index >= 15 is 0 Å². The molecule has 0 aliphatic carbocycles. The summed E-state index contributed by atoms with van der Waals surface area (Å²) in [4.78, 5) is 11.6. The highest BCUT2D eigenvalue weighted by Gasteiger charge is 2.37. The minimum absolute atomic E-state index is 0.422. The van der Waals surface area contributed by atoms with Crippen LogP contribution in [0, 0.1) is 0 Å². The highest BCUT2D eigenvalue weighted by atomic mass is 32.2. The molecule has 0 spiro atoms. The van der Waals surface area contributed by atoms with Crippen LogP contribution in [0.5, 0.6) is 23.0 Å². The fourth-order valence-corrected chi connectivity index (χ4v) is 5.21. The van der Waals surface area contributed by atoms with Gasteiger partial charge in [-0.25, -0.2) is 0 Å². The van der Waals surface area contributed by atoms with Gasteiger partial charge in [0.25, 0.3) is 0 Å². The van der Waals surface area contributed by atoms with Crippen molar-refractivity contribution in [1.82, 2.24) is 0 Å². The highest BCUT2D eigenvalue weighted by molar-refractivity contribution is 8.00. The van der Waals surface area contributed by atoms with Crippen molar-refractivity contribution in [3.8, 4) is 34.1 Å². The molecule has 1 heterocycles. The average Bonchev–Trinajstić information content (AvgIpc) is 3.34. The van der Waals surface area contributed by atoms with Crippen molar-refractivity contribution in [3.63, 3.8) is 0 Å². The zero-order chi connectivity index (χ0) is 24.1. The molecule has 0 saturated carbocycles. The second kappa shape index (κ2) is 10.4. The number of rotatable bonds is 9. The van der Waals surface area contributed by atoms with Gasteiger partial charge in [0.15, 0.2) is 17.8 Å². The first kappa shape index (κ1) is 24.0. The molecule has 0 N–H and O–H groups in total. The number of hydrogen-bond acceptors (Lipinski definition) is 7. The van der Waals surface area contributed by atoms with Crippen molar-refractivity contribution in [1.29, 1.82) is 0 Å². The number of thioether (sulfide) groups is 1. The second-order valence-electron chi connectivity index (χ2n) is 7.85. The van der Waals surface area contributed by atoms with Gasteiger partial charge in [0.05, 0.1) is 27.9 Å². The van der Waals surface area contributed by atoms with Crippen molar-refractivity contribution < 1.29 is 28.5 Å². The molecule has 1 unspecified atom stereocenters. The van der Waals surface area contributed by atoms with E-state index in [0.717, 1.165) is 28.7 Å². The van der Waals surface area contributed by atoms with Crippen molar-refractivity contribution in [2.24, 2.45) is 0 Å². The molecule has 1 aliphatic rings. The quantitative estimate of drug-likeness (QED) is 0.364. The molecule has 0 amide bonds. The van der Waals surface area contributed by atoms with Crippen molar-refractivity contribution >= 4 is 18.0 Å². The van der Waals surface area contributed by atoms with E-state index in [1.807, 2.05) is 55.5 Å².